The molecule has 0 saturated carbocycles. The van der Waals surface area contributed by atoms with Gasteiger partial charge in [-0.05, 0) is 23.6 Å². The van der Waals surface area contributed by atoms with Crippen molar-refractivity contribution in [2.75, 3.05) is 0 Å². The third kappa shape index (κ3) is 2.40. The molecule has 2 aromatic rings. The van der Waals surface area contributed by atoms with Crippen molar-refractivity contribution in [1.82, 2.24) is 0 Å². The average Bonchev–Trinajstić information content (AvgIpc) is 2.84. The van der Waals surface area contributed by atoms with Crippen molar-refractivity contribution >= 4 is 33.2 Å². The number of halogens is 1. The molecule has 94 valence electrons. The molecule has 18 heavy (non-hydrogen) atoms. The summed E-state index contributed by atoms with van der Waals surface area (Å²) < 4.78 is 0.569. The second kappa shape index (κ2) is 5.09. The Balaban J connectivity index is 2.54. The lowest BCUT2D eigenvalue weighted by Crippen LogP contribution is -2.12. The molecule has 0 radical (unpaired) electrons. The van der Waals surface area contributed by atoms with Crippen LogP contribution in [0.3, 0.4) is 0 Å². The molecule has 0 fully saturated rings. The van der Waals surface area contributed by atoms with E-state index in [1.54, 1.807) is 6.07 Å². The summed E-state index contributed by atoms with van der Waals surface area (Å²) in [5.41, 5.74) is 6.27. The molecule has 4 nitrogen and oxygen atoms in total. The Morgan fingerprint density at radius 1 is 1.44 bits per heavy atom. The van der Waals surface area contributed by atoms with E-state index in [-0.39, 0.29) is 11.3 Å². The fourth-order valence-corrected chi connectivity index (χ4v) is 2.86. The summed E-state index contributed by atoms with van der Waals surface area (Å²) in [7, 11) is 0. The van der Waals surface area contributed by atoms with E-state index >= 15 is 0 Å². The van der Waals surface area contributed by atoms with E-state index in [1.807, 2.05) is 17.5 Å². The normalized spacial score (nSPS) is 12.3. The van der Waals surface area contributed by atoms with E-state index < -0.39 is 12.0 Å². The van der Waals surface area contributed by atoms with Gasteiger partial charge in [-0.15, -0.1) is 11.3 Å². The number of nitrogens with two attached hydrogens (primary N) is 1. The van der Waals surface area contributed by atoms with Crippen LogP contribution in [0.4, 0.5) is 0 Å². The smallest absolute Gasteiger partial charge is 0.339 e. The molecule has 0 bridgehead atoms. The van der Waals surface area contributed by atoms with Crippen LogP contribution in [0.25, 0.3) is 0 Å². The zero-order valence-electron chi connectivity index (χ0n) is 9.13. The van der Waals surface area contributed by atoms with Gasteiger partial charge in [0, 0.05) is 14.9 Å². The first-order valence-electron chi connectivity index (χ1n) is 5.05. The van der Waals surface area contributed by atoms with Crippen LogP contribution in [0.15, 0.2) is 34.1 Å². The van der Waals surface area contributed by atoms with E-state index in [4.69, 9.17) is 10.8 Å². The molecule has 1 heterocycles. The Labute approximate surface area is 116 Å². The van der Waals surface area contributed by atoms with E-state index in [1.165, 1.54) is 17.4 Å². The topological polar surface area (TPSA) is 83.6 Å². The summed E-state index contributed by atoms with van der Waals surface area (Å²) in [6, 6.07) is 6.14. The number of rotatable bonds is 3. The highest BCUT2D eigenvalue weighted by Gasteiger charge is 2.20. The predicted molar refractivity (Wildman–Crippen MR) is 73.1 cm³/mol. The number of hydrogen-bond donors (Lipinski definition) is 3. The fraction of sp³-hybridized carbons (Fsp3) is 0.0833. The van der Waals surface area contributed by atoms with Crippen LogP contribution < -0.4 is 5.73 Å². The van der Waals surface area contributed by atoms with Gasteiger partial charge in [0.05, 0.1) is 6.04 Å². The molecular weight excluding hydrogens is 318 g/mol. The number of carboxylic acid groups (broad SMARTS) is 1. The minimum absolute atomic E-state index is 0.161. The van der Waals surface area contributed by atoms with Crippen molar-refractivity contribution in [2.45, 2.75) is 6.04 Å². The Morgan fingerprint density at radius 2 is 2.17 bits per heavy atom. The van der Waals surface area contributed by atoms with Gasteiger partial charge in [0.15, 0.2) is 0 Å². The molecule has 4 N–H and O–H groups in total. The van der Waals surface area contributed by atoms with Crippen molar-refractivity contribution in [1.29, 1.82) is 0 Å². The molecule has 0 saturated heterocycles. The minimum Gasteiger partial charge on any atom is -0.507 e. The number of phenols is 1. The fourth-order valence-electron chi connectivity index (χ4n) is 1.64. The number of aromatic hydroxyl groups is 1. The van der Waals surface area contributed by atoms with E-state index in [9.17, 15) is 9.90 Å². The van der Waals surface area contributed by atoms with Gasteiger partial charge in [-0.1, -0.05) is 22.0 Å². The third-order valence-corrected chi connectivity index (χ3v) is 3.93. The van der Waals surface area contributed by atoms with Crippen molar-refractivity contribution in [3.63, 3.8) is 0 Å². The van der Waals surface area contributed by atoms with Crippen molar-refractivity contribution in [3.8, 4) is 5.75 Å². The molecule has 0 aliphatic heterocycles. The van der Waals surface area contributed by atoms with Gasteiger partial charge in [-0.2, -0.15) is 0 Å². The van der Waals surface area contributed by atoms with Crippen LogP contribution in [0.2, 0.25) is 0 Å². The number of hydrogen-bond acceptors (Lipinski definition) is 4. The number of carbonyl (C=O) groups is 1. The van der Waals surface area contributed by atoms with E-state index in [0.717, 1.165) is 4.88 Å². The largest absolute Gasteiger partial charge is 0.507 e. The summed E-state index contributed by atoms with van der Waals surface area (Å²) in [4.78, 5) is 11.9. The zero-order valence-corrected chi connectivity index (χ0v) is 11.5. The van der Waals surface area contributed by atoms with Crippen LogP contribution in [0.1, 0.15) is 26.8 Å². The molecule has 2 rings (SSSR count). The average molecular weight is 328 g/mol. The minimum atomic E-state index is -1.19. The Bertz CT molecular complexity index is 583. The van der Waals surface area contributed by atoms with Crippen molar-refractivity contribution in [3.05, 3.63) is 50.1 Å². The summed E-state index contributed by atoms with van der Waals surface area (Å²) >= 11 is 4.68. The molecule has 0 spiro atoms. The highest BCUT2D eigenvalue weighted by molar-refractivity contribution is 9.10. The molecular formula is C12H10BrNO3S. The molecule has 0 aliphatic rings. The third-order valence-electron chi connectivity index (χ3n) is 2.52. The Morgan fingerprint density at radius 3 is 2.72 bits per heavy atom. The van der Waals surface area contributed by atoms with Crippen LogP contribution >= 0.6 is 27.3 Å². The van der Waals surface area contributed by atoms with Crippen molar-refractivity contribution < 1.29 is 15.0 Å². The molecule has 0 amide bonds. The Hall–Kier alpha value is -1.37. The van der Waals surface area contributed by atoms with Gasteiger partial charge < -0.3 is 15.9 Å². The lowest BCUT2D eigenvalue weighted by molar-refractivity contribution is 0.0693. The van der Waals surface area contributed by atoms with E-state index in [2.05, 4.69) is 15.9 Å². The van der Waals surface area contributed by atoms with E-state index in [0.29, 0.717) is 10.0 Å². The molecule has 0 aliphatic carbocycles. The maximum atomic E-state index is 11.0. The van der Waals surface area contributed by atoms with Gasteiger partial charge in [0.1, 0.15) is 11.3 Å². The quantitative estimate of drug-likeness (QED) is 0.809. The zero-order chi connectivity index (χ0) is 13.3. The first-order valence-corrected chi connectivity index (χ1v) is 6.72. The maximum Gasteiger partial charge on any atom is 0.339 e. The van der Waals surface area contributed by atoms with Gasteiger partial charge in [-0.3, -0.25) is 0 Å². The second-order valence-corrected chi connectivity index (χ2v) is 5.58. The van der Waals surface area contributed by atoms with Crippen LogP contribution in [0, 0.1) is 0 Å². The van der Waals surface area contributed by atoms with Gasteiger partial charge in [0.2, 0.25) is 0 Å². The van der Waals surface area contributed by atoms with Crippen LogP contribution in [-0.2, 0) is 0 Å². The first kappa shape index (κ1) is 13.1. The standard InChI is InChI=1S/C12H10BrNO3S/c13-6-4-7(10(14)9-2-1-3-18-9)11(15)8(5-6)12(16)17/h1-5,10,15H,14H2,(H,16,17)/t10-/m1/s1. The summed E-state index contributed by atoms with van der Waals surface area (Å²) in [5, 5.41) is 20.9. The molecule has 1 aromatic heterocycles. The molecule has 1 aromatic carbocycles. The lowest BCUT2D eigenvalue weighted by atomic mass is 10.0. The monoisotopic (exact) mass is 327 g/mol. The second-order valence-electron chi connectivity index (χ2n) is 3.69. The highest BCUT2D eigenvalue weighted by Crippen LogP contribution is 2.35. The maximum absolute atomic E-state index is 11.0. The SMILES string of the molecule is N[C@@H](c1cccs1)c1cc(Br)cc(C(=O)O)c1O. The molecule has 0 unspecified atom stereocenters. The summed E-state index contributed by atoms with van der Waals surface area (Å²) in [6.07, 6.45) is 0. The number of aromatic carboxylic acids is 1. The summed E-state index contributed by atoms with van der Waals surface area (Å²) in [5.74, 6) is -1.47. The predicted octanol–water partition coefficient (Wildman–Crippen LogP) is 2.96. The first-order chi connectivity index (χ1) is 8.50. The molecule has 6 heteroatoms. The summed E-state index contributed by atoms with van der Waals surface area (Å²) in [6.45, 7) is 0. The van der Waals surface area contributed by atoms with Crippen LogP contribution in [-0.4, -0.2) is 16.2 Å². The Kier molecular flexibility index (Phi) is 3.70. The van der Waals surface area contributed by atoms with Crippen molar-refractivity contribution in [2.24, 2.45) is 5.73 Å². The lowest BCUT2D eigenvalue weighted by Gasteiger charge is -2.14. The van der Waals surface area contributed by atoms with Gasteiger partial charge in [-0.25, -0.2) is 4.79 Å². The highest BCUT2D eigenvalue weighted by atomic mass is 79.9. The number of carboxylic acids is 1. The van der Waals surface area contributed by atoms with Gasteiger partial charge >= 0.3 is 5.97 Å². The van der Waals surface area contributed by atoms with Gasteiger partial charge in [0.25, 0.3) is 0 Å². The molecule has 1 atom stereocenters. The van der Waals surface area contributed by atoms with Crippen LogP contribution in [0.5, 0.6) is 5.75 Å². The number of thiophene rings is 1. The number of benzene rings is 1.